The van der Waals surface area contributed by atoms with Crippen molar-refractivity contribution >= 4 is 15.1 Å². The van der Waals surface area contributed by atoms with Gasteiger partial charge in [0.25, 0.3) is 7.82 Å². The predicted octanol–water partition coefficient (Wildman–Crippen LogP) is 6.34. The molecule has 0 aromatic heterocycles. The molecule has 0 fully saturated rings. The molecule has 0 heterocycles. The summed E-state index contributed by atoms with van der Waals surface area (Å²) < 4.78 is 18.3. The van der Waals surface area contributed by atoms with Crippen LogP contribution in [0.15, 0.2) is 0 Å². The van der Waals surface area contributed by atoms with Crippen LogP contribution in [0.2, 0.25) is 0 Å². The van der Waals surface area contributed by atoms with Gasteiger partial charge in [-0.3, -0.25) is 4.57 Å². The monoisotopic (exact) mass is 398 g/mol. The molecule has 0 bridgehead atoms. The van der Waals surface area contributed by atoms with E-state index in [4.69, 9.17) is 0 Å². The Balaban J connectivity index is 0. The number of hydrogen-bond acceptors (Lipinski definition) is 4. The Morgan fingerprint density at radius 3 is 1.24 bits per heavy atom. The van der Waals surface area contributed by atoms with Gasteiger partial charge in [0, 0.05) is 14.4 Å². The Labute approximate surface area is 158 Å². The van der Waals surface area contributed by atoms with Gasteiger partial charge in [-0.25, -0.2) is 0 Å². The first-order valence-electron chi connectivity index (χ1n) is 10.2. The highest BCUT2D eigenvalue weighted by Gasteiger charge is 2.34. The molecular weight excluding hydrogens is 354 g/mol. The van der Waals surface area contributed by atoms with E-state index in [2.05, 4.69) is 36.7 Å². The summed E-state index contributed by atoms with van der Waals surface area (Å²) in [6.45, 7) is 11.1. The Morgan fingerprint density at radius 2 is 1.08 bits per heavy atom. The van der Waals surface area contributed by atoms with Gasteiger partial charge in [-0.15, -0.1) is 0 Å². The number of phosphoric ester groups is 1. The fraction of sp³-hybridized carbons (Fsp3) is 1.00. The van der Waals surface area contributed by atoms with Crippen molar-refractivity contribution < 1.29 is 18.5 Å². The van der Waals surface area contributed by atoms with Crippen molar-refractivity contribution in [2.75, 3.05) is 38.4 Å². The predicted molar refractivity (Wildman–Crippen MR) is 112 cm³/mol. The van der Waals surface area contributed by atoms with E-state index >= 15 is 0 Å². The molecule has 1 atom stereocenters. The zero-order chi connectivity index (χ0) is 19.6. The van der Waals surface area contributed by atoms with Gasteiger partial charge in [-0.2, -0.15) is 0 Å². The van der Waals surface area contributed by atoms with Crippen molar-refractivity contribution in [1.82, 2.24) is 0 Å². The molecule has 0 aliphatic heterocycles. The van der Waals surface area contributed by atoms with Gasteiger partial charge in [0.2, 0.25) is 0 Å². The fourth-order valence-electron chi connectivity index (χ4n) is 2.86. The lowest BCUT2D eigenvalue weighted by Crippen LogP contribution is -2.12. The Hall–Kier alpha value is 0.540. The normalized spacial score (nSPS) is 13.9. The molecule has 0 saturated heterocycles. The third-order valence-electron chi connectivity index (χ3n) is 4.45. The first-order valence-corrected chi connectivity index (χ1v) is 14.2. The Kier molecular flexibility index (Phi) is 19.9. The van der Waals surface area contributed by atoms with Crippen molar-refractivity contribution in [3.8, 4) is 0 Å². The van der Waals surface area contributed by atoms with Gasteiger partial charge in [-0.05, 0) is 32.6 Å². The number of phosphoric acid groups is 1. The van der Waals surface area contributed by atoms with Gasteiger partial charge < -0.3 is 13.9 Å². The van der Waals surface area contributed by atoms with Gasteiger partial charge in [0.15, 0.2) is 0 Å². The average molecular weight is 399 g/mol. The molecule has 0 aromatic rings. The lowest BCUT2D eigenvalue weighted by molar-refractivity contribution is -0.222. The molecule has 4 nitrogen and oxygen atoms in total. The smallest absolute Gasteiger partial charge is 0.267 e. The second-order valence-electron chi connectivity index (χ2n) is 6.70. The van der Waals surface area contributed by atoms with Gasteiger partial charge in [-0.1, -0.05) is 53.4 Å². The van der Waals surface area contributed by atoms with E-state index in [0.717, 1.165) is 7.11 Å². The molecule has 154 valence electrons. The fourth-order valence-corrected chi connectivity index (χ4v) is 8.57. The summed E-state index contributed by atoms with van der Waals surface area (Å²) in [5.41, 5.74) is 0. The SMILES string of the molecule is CCCC[P+](CCCC)(CCCC)CCCC.CCOP(=O)([O-])OC. The zero-order valence-electron chi connectivity index (χ0n) is 17.7. The van der Waals surface area contributed by atoms with Crippen LogP contribution in [-0.4, -0.2) is 38.4 Å². The van der Waals surface area contributed by atoms with E-state index in [-0.39, 0.29) is 6.61 Å². The van der Waals surface area contributed by atoms with Crippen molar-refractivity contribution in [2.45, 2.75) is 86.0 Å². The number of unbranched alkanes of at least 4 members (excludes halogenated alkanes) is 4. The summed E-state index contributed by atoms with van der Waals surface area (Å²) in [6.07, 6.45) is 17.9. The van der Waals surface area contributed by atoms with Gasteiger partial charge in [0.1, 0.15) is 0 Å². The van der Waals surface area contributed by atoms with Crippen molar-refractivity contribution in [3.05, 3.63) is 0 Å². The quantitative estimate of drug-likeness (QED) is 0.302. The molecule has 0 aromatic carbocycles. The van der Waals surface area contributed by atoms with E-state index < -0.39 is 15.1 Å². The van der Waals surface area contributed by atoms with Gasteiger partial charge >= 0.3 is 0 Å². The third-order valence-corrected chi connectivity index (χ3v) is 10.5. The molecule has 0 aliphatic carbocycles. The van der Waals surface area contributed by atoms with E-state index in [0.29, 0.717) is 0 Å². The second kappa shape index (κ2) is 17.9. The standard InChI is InChI=1S/C16H36P.C3H9O4P/c1-5-9-13-17(14-10-6-2,15-11-7-3)16-12-8-4;1-3-7-8(4,5)6-2/h5-16H2,1-4H3;3H2,1-2H3,(H,4,5)/q+1;/p-1. The highest BCUT2D eigenvalue weighted by Crippen LogP contribution is 2.61. The maximum Gasteiger partial charge on any atom is 0.267 e. The molecule has 0 saturated carbocycles. The summed E-state index contributed by atoms with van der Waals surface area (Å²) in [5.74, 6) is 0. The van der Waals surface area contributed by atoms with Crippen LogP contribution < -0.4 is 4.89 Å². The van der Waals surface area contributed by atoms with Crippen LogP contribution >= 0.6 is 15.1 Å². The molecular formula is C19H44O4P2. The number of rotatable bonds is 15. The first kappa shape index (κ1) is 27.8. The molecule has 0 aliphatic rings. The minimum atomic E-state index is -3.92. The van der Waals surface area contributed by atoms with Crippen molar-refractivity contribution in [2.24, 2.45) is 0 Å². The lowest BCUT2D eigenvalue weighted by atomic mass is 10.4. The zero-order valence-corrected chi connectivity index (χ0v) is 19.5. The maximum atomic E-state index is 10.2. The lowest BCUT2D eigenvalue weighted by Gasteiger charge is -2.28. The van der Waals surface area contributed by atoms with E-state index in [9.17, 15) is 9.46 Å². The minimum absolute atomic E-state index is 0.120. The average Bonchev–Trinajstić information content (AvgIpc) is 2.61. The Morgan fingerprint density at radius 1 is 0.760 bits per heavy atom. The molecule has 1 unspecified atom stereocenters. The topological polar surface area (TPSA) is 58.6 Å². The van der Waals surface area contributed by atoms with Crippen LogP contribution in [0.1, 0.15) is 86.0 Å². The van der Waals surface area contributed by atoms with E-state index in [1.165, 1.54) is 51.4 Å². The van der Waals surface area contributed by atoms with E-state index in [1.807, 2.05) is 0 Å². The number of hydrogen-bond donors (Lipinski definition) is 0. The van der Waals surface area contributed by atoms with Crippen LogP contribution in [0.3, 0.4) is 0 Å². The van der Waals surface area contributed by atoms with Crippen LogP contribution in [-0.2, 0) is 13.6 Å². The largest absolute Gasteiger partial charge is 0.756 e. The highest BCUT2D eigenvalue weighted by atomic mass is 31.2. The summed E-state index contributed by atoms with van der Waals surface area (Å²) in [5, 5.41) is 0. The molecule has 0 spiro atoms. The Bertz CT molecular complexity index is 287. The van der Waals surface area contributed by atoms with Crippen LogP contribution in [0, 0.1) is 0 Å². The molecule has 6 heteroatoms. The van der Waals surface area contributed by atoms with Crippen LogP contribution in [0.4, 0.5) is 0 Å². The molecule has 0 N–H and O–H groups in total. The summed E-state index contributed by atoms with van der Waals surface area (Å²) >= 11 is 0. The molecule has 0 rings (SSSR count). The summed E-state index contributed by atoms with van der Waals surface area (Å²) in [7, 11) is -3.43. The molecule has 0 amide bonds. The van der Waals surface area contributed by atoms with Crippen molar-refractivity contribution in [1.29, 1.82) is 0 Å². The third kappa shape index (κ3) is 16.4. The minimum Gasteiger partial charge on any atom is -0.756 e. The highest BCUT2D eigenvalue weighted by molar-refractivity contribution is 7.75. The van der Waals surface area contributed by atoms with Gasteiger partial charge in [0.05, 0.1) is 31.3 Å². The summed E-state index contributed by atoms with van der Waals surface area (Å²) in [6, 6.07) is 0. The van der Waals surface area contributed by atoms with Crippen LogP contribution in [0.25, 0.3) is 0 Å². The maximum absolute atomic E-state index is 10.2. The summed E-state index contributed by atoms with van der Waals surface area (Å²) in [4.78, 5) is 10.2. The van der Waals surface area contributed by atoms with Crippen molar-refractivity contribution in [3.63, 3.8) is 0 Å². The second-order valence-corrected chi connectivity index (χ2v) is 12.7. The first-order chi connectivity index (χ1) is 11.9. The van der Waals surface area contributed by atoms with E-state index in [1.54, 1.807) is 31.6 Å². The molecule has 25 heavy (non-hydrogen) atoms. The molecule has 0 radical (unpaired) electrons. The van der Waals surface area contributed by atoms with Crippen LogP contribution in [0.5, 0.6) is 0 Å².